The Balaban J connectivity index is 2.72. The van der Waals surface area contributed by atoms with Crippen LogP contribution in [-0.2, 0) is 6.42 Å². The molecule has 0 radical (unpaired) electrons. The number of fused-ring (bicyclic) bond motifs is 1. The molecule has 2 rings (SSSR count). The summed E-state index contributed by atoms with van der Waals surface area (Å²) >= 11 is 4.27. The Morgan fingerprint density at radius 3 is 2.75 bits per heavy atom. The average molecular weight is 178 g/mol. The Bertz CT molecular complexity index is 355. The third-order valence-corrected chi connectivity index (χ3v) is 2.78. The summed E-state index contributed by atoms with van der Waals surface area (Å²) in [5, 5.41) is 0. The van der Waals surface area contributed by atoms with Gasteiger partial charge in [0.2, 0.25) is 0 Å². The van der Waals surface area contributed by atoms with Gasteiger partial charge < -0.3 is 0 Å². The van der Waals surface area contributed by atoms with E-state index in [-0.39, 0.29) is 5.78 Å². The van der Waals surface area contributed by atoms with Crippen molar-refractivity contribution in [2.45, 2.75) is 24.7 Å². The molecule has 0 unspecified atom stereocenters. The molecular formula is C10H10OS. The van der Waals surface area contributed by atoms with Gasteiger partial charge in [-0.05, 0) is 30.5 Å². The second-order valence-electron chi connectivity index (χ2n) is 3.18. The highest BCUT2D eigenvalue weighted by atomic mass is 32.1. The molecule has 0 saturated carbocycles. The Hall–Kier alpha value is -0.760. The van der Waals surface area contributed by atoms with Crippen molar-refractivity contribution in [1.29, 1.82) is 0 Å². The van der Waals surface area contributed by atoms with Crippen LogP contribution in [0.5, 0.6) is 0 Å². The topological polar surface area (TPSA) is 17.1 Å². The van der Waals surface area contributed by atoms with Gasteiger partial charge in [-0.15, -0.1) is 12.6 Å². The lowest BCUT2D eigenvalue weighted by Gasteiger charge is -2.04. The molecular weight excluding hydrogens is 168 g/mol. The molecule has 0 fully saturated rings. The second kappa shape index (κ2) is 2.63. The number of ketones is 1. The van der Waals surface area contributed by atoms with Crippen molar-refractivity contribution in [1.82, 2.24) is 0 Å². The van der Waals surface area contributed by atoms with E-state index in [0.717, 1.165) is 16.9 Å². The van der Waals surface area contributed by atoms with Gasteiger partial charge in [0.15, 0.2) is 5.78 Å². The molecule has 0 atom stereocenters. The van der Waals surface area contributed by atoms with Crippen molar-refractivity contribution in [2.24, 2.45) is 0 Å². The third kappa shape index (κ3) is 0.985. The number of hydrogen-bond acceptors (Lipinski definition) is 2. The van der Waals surface area contributed by atoms with E-state index in [0.29, 0.717) is 6.42 Å². The first-order chi connectivity index (χ1) is 5.70. The van der Waals surface area contributed by atoms with E-state index in [9.17, 15) is 4.79 Å². The van der Waals surface area contributed by atoms with E-state index >= 15 is 0 Å². The quantitative estimate of drug-likeness (QED) is 0.604. The van der Waals surface area contributed by atoms with Crippen molar-refractivity contribution >= 4 is 18.4 Å². The minimum atomic E-state index is 0.249. The first kappa shape index (κ1) is 7.87. The van der Waals surface area contributed by atoms with Crippen LogP contribution in [0, 0.1) is 6.92 Å². The van der Waals surface area contributed by atoms with Crippen molar-refractivity contribution in [3.05, 3.63) is 28.8 Å². The van der Waals surface area contributed by atoms with Crippen LogP contribution < -0.4 is 0 Å². The molecule has 0 spiro atoms. The van der Waals surface area contributed by atoms with Crippen LogP contribution >= 0.6 is 12.6 Å². The molecule has 1 aliphatic carbocycles. The predicted molar refractivity (Wildman–Crippen MR) is 51.1 cm³/mol. The molecule has 0 N–H and O–H groups in total. The van der Waals surface area contributed by atoms with Gasteiger partial charge in [-0.25, -0.2) is 0 Å². The highest BCUT2D eigenvalue weighted by Gasteiger charge is 2.22. The fourth-order valence-corrected chi connectivity index (χ4v) is 2.07. The maximum Gasteiger partial charge on any atom is 0.164 e. The zero-order chi connectivity index (χ0) is 8.72. The molecule has 1 aromatic carbocycles. The smallest absolute Gasteiger partial charge is 0.164 e. The maximum atomic E-state index is 11.4. The lowest BCUT2D eigenvalue weighted by Crippen LogP contribution is -1.94. The molecule has 0 saturated heterocycles. The third-order valence-electron chi connectivity index (χ3n) is 2.41. The van der Waals surface area contributed by atoms with Crippen LogP contribution in [0.15, 0.2) is 17.0 Å². The van der Waals surface area contributed by atoms with Crippen molar-refractivity contribution in [3.8, 4) is 0 Å². The highest BCUT2D eigenvalue weighted by molar-refractivity contribution is 7.80. The summed E-state index contributed by atoms with van der Waals surface area (Å²) in [6.07, 6.45) is 1.56. The van der Waals surface area contributed by atoms with Crippen LogP contribution in [0.4, 0.5) is 0 Å². The van der Waals surface area contributed by atoms with Crippen LogP contribution in [-0.4, -0.2) is 5.78 Å². The standard InChI is InChI=1S/C10H10OS/c1-6-2-5-9(12)10-7(6)3-4-8(10)11/h2,5,12H,3-4H2,1H3. The Morgan fingerprint density at radius 2 is 2.08 bits per heavy atom. The average Bonchev–Trinajstić information content (AvgIpc) is 2.42. The maximum absolute atomic E-state index is 11.4. The van der Waals surface area contributed by atoms with E-state index in [4.69, 9.17) is 0 Å². The monoisotopic (exact) mass is 178 g/mol. The Labute approximate surface area is 77.2 Å². The summed E-state index contributed by atoms with van der Waals surface area (Å²) < 4.78 is 0. The first-order valence-electron chi connectivity index (χ1n) is 4.05. The summed E-state index contributed by atoms with van der Waals surface area (Å²) in [6.45, 7) is 2.05. The largest absolute Gasteiger partial charge is 0.294 e. The number of Topliss-reactive ketones (excluding diaryl/α,β-unsaturated/α-hetero) is 1. The SMILES string of the molecule is Cc1ccc(S)c2c1CCC2=O. The van der Waals surface area contributed by atoms with Crippen LogP contribution in [0.3, 0.4) is 0 Å². The molecule has 0 heterocycles. The molecule has 0 amide bonds. The molecule has 0 aromatic heterocycles. The minimum absolute atomic E-state index is 0.249. The van der Waals surface area contributed by atoms with Gasteiger partial charge in [0.05, 0.1) is 0 Å². The molecule has 0 bridgehead atoms. The summed E-state index contributed by atoms with van der Waals surface area (Å²) in [5.74, 6) is 0.249. The molecule has 2 heteroatoms. The second-order valence-corrected chi connectivity index (χ2v) is 3.66. The number of carbonyl (C=O) groups excluding carboxylic acids is 1. The zero-order valence-electron chi connectivity index (χ0n) is 6.92. The number of benzene rings is 1. The predicted octanol–water partition coefficient (Wildman–Crippen LogP) is 2.41. The first-order valence-corrected chi connectivity index (χ1v) is 4.49. The lowest BCUT2D eigenvalue weighted by atomic mass is 10.0. The van der Waals surface area contributed by atoms with Gasteiger partial charge in [0, 0.05) is 16.9 Å². The van der Waals surface area contributed by atoms with Crippen molar-refractivity contribution in [2.75, 3.05) is 0 Å². The fraction of sp³-hybridized carbons (Fsp3) is 0.300. The Kier molecular flexibility index (Phi) is 1.72. The van der Waals surface area contributed by atoms with E-state index in [2.05, 4.69) is 12.6 Å². The van der Waals surface area contributed by atoms with Gasteiger partial charge in [0.25, 0.3) is 0 Å². The van der Waals surface area contributed by atoms with Gasteiger partial charge in [-0.1, -0.05) is 6.07 Å². The summed E-state index contributed by atoms with van der Waals surface area (Å²) in [6, 6.07) is 3.93. The molecule has 62 valence electrons. The van der Waals surface area contributed by atoms with E-state index in [1.54, 1.807) is 0 Å². The molecule has 1 aromatic rings. The number of thiol groups is 1. The van der Waals surface area contributed by atoms with Crippen LogP contribution in [0.2, 0.25) is 0 Å². The van der Waals surface area contributed by atoms with Gasteiger partial charge in [0.1, 0.15) is 0 Å². The van der Waals surface area contributed by atoms with Crippen molar-refractivity contribution < 1.29 is 4.79 Å². The normalized spacial score (nSPS) is 15.0. The van der Waals surface area contributed by atoms with Gasteiger partial charge in [-0.2, -0.15) is 0 Å². The molecule has 1 aliphatic rings. The lowest BCUT2D eigenvalue weighted by molar-refractivity contribution is 0.0992. The van der Waals surface area contributed by atoms with Gasteiger partial charge >= 0.3 is 0 Å². The number of aryl methyl sites for hydroxylation is 1. The summed E-state index contributed by atoms with van der Waals surface area (Å²) in [5.41, 5.74) is 3.28. The van der Waals surface area contributed by atoms with E-state index < -0.39 is 0 Å². The number of carbonyl (C=O) groups is 1. The Morgan fingerprint density at radius 1 is 1.33 bits per heavy atom. The summed E-state index contributed by atoms with van der Waals surface area (Å²) in [7, 11) is 0. The van der Waals surface area contributed by atoms with E-state index in [1.165, 1.54) is 11.1 Å². The van der Waals surface area contributed by atoms with Crippen LogP contribution in [0.25, 0.3) is 0 Å². The van der Waals surface area contributed by atoms with Crippen LogP contribution in [0.1, 0.15) is 27.9 Å². The van der Waals surface area contributed by atoms with Crippen molar-refractivity contribution in [3.63, 3.8) is 0 Å². The zero-order valence-corrected chi connectivity index (χ0v) is 7.82. The highest BCUT2D eigenvalue weighted by Crippen LogP contribution is 2.29. The molecule has 12 heavy (non-hydrogen) atoms. The number of rotatable bonds is 0. The fourth-order valence-electron chi connectivity index (χ4n) is 1.74. The molecule has 1 nitrogen and oxygen atoms in total. The minimum Gasteiger partial charge on any atom is -0.294 e. The summed E-state index contributed by atoms with van der Waals surface area (Å²) in [4.78, 5) is 12.2. The number of hydrogen-bond donors (Lipinski definition) is 1. The van der Waals surface area contributed by atoms with Gasteiger partial charge in [-0.3, -0.25) is 4.79 Å². The molecule has 0 aliphatic heterocycles. The van der Waals surface area contributed by atoms with E-state index in [1.807, 2.05) is 19.1 Å².